The van der Waals surface area contributed by atoms with Gasteiger partial charge in [-0.25, -0.2) is 9.37 Å². The van der Waals surface area contributed by atoms with Crippen LogP contribution in [0, 0.1) is 19.7 Å². The minimum Gasteiger partial charge on any atom is -0.389 e. The van der Waals surface area contributed by atoms with E-state index in [0.717, 1.165) is 11.4 Å². The monoisotopic (exact) mass is 234 g/mol. The van der Waals surface area contributed by atoms with E-state index in [9.17, 15) is 9.50 Å². The number of aromatic nitrogens is 2. The summed E-state index contributed by atoms with van der Waals surface area (Å²) < 4.78 is 15.6. The highest BCUT2D eigenvalue weighted by atomic mass is 19.1. The van der Waals surface area contributed by atoms with Crippen LogP contribution in [0.3, 0.4) is 0 Å². The van der Waals surface area contributed by atoms with Gasteiger partial charge in [0.25, 0.3) is 0 Å². The molecule has 90 valence electrons. The van der Waals surface area contributed by atoms with Gasteiger partial charge in [0, 0.05) is 11.3 Å². The van der Waals surface area contributed by atoms with Crippen molar-refractivity contribution >= 4 is 0 Å². The van der Waals surface area contributed by atoms with Crippen LogP contribution >= 0.6 is 0 Å². The molecule has 0 fully saturated rings. The summed E-state index contributed by atoms with van der Waals surface area (Å²) in [7, 11) is 0. The molecule has 0 aliphatic rings. The molecule has 0 unspecified atom stereocenters. The number of rotatable bonds is 2. The average molecular weight is 234 g/mol. The highest BCUT2D eigenvalue weighted by molar-refractivity contribution is 5.45. The third-order valence-corrected chi connectivity index (χ3v) is 2.96. The number of nitrogens with zero attached hydrogens (tertiary/aromatic N) is 2. The lowest BCUT2D eigenvalue weighted by molar-refractivity contribution is 0.198. The number of benzene rings is 1. The van der Waals surface area contributed by atoms with Crippen LogP contribution in [-0.4, -0.2) is 14.7 Å². The van der Waals surface area contributed by atoms with Gasteiger partial charge in [-0.3, -0.25) is 0 Å². The molecule has 3 nitrogen and oxygen atoms in total. The largest absolute Gasteiger partial charge is 0.389 e. The molecule has 0 saturated heterocycles. The van der Waals surface area contributed by atoms with Gasteiger partial charge >= 0.3 is 0 Å². The maximum absolute atomic E-state index is 13.9. The van der Waals surface area contributed by atoms with Crippen molar-refractivity contribution in [2.75, 3.05) is 0 Å². The number of hydrogen-bond acceptors (Lipinski definition) is 2. The van der Waals surface area contributed by atoms with Crippen molar-refractivity contribution in [3.05, 3.63) is 47.3 Å². The lowest BCUT2D eigenvalue weighted by Crippen LogP contribution is -2.06. The van der Waals surface area contributed by atoms with E-state index >= 15 is 0 Å². The maximum Gasteiger partial charge on any atom is 0.147 e. The predicted octanol–water partition coefficient (Wildman–Crippen LogP) is 2.68. The zero-order valence-corrected chi connectivity index (χ0v) is 10.1. The number of para-hydroxylation sites is 1. The van der Waals surface area contributed by atoms with E-state index in [1.54, 1.807) is 30.0 Å². The number of halogens is 1. The molecule has 17 heavy (non-hydrogen) atoms. The first-order valence-corrected chi connectivity index (χ1v) is 5.49. The van der Waals surface area contributed by atoms with Crippen molar-refractivity contribution in [1.29, 1.82) is 0 Å². The zero-order valence-electron chi connectivity index (χ0n) is 10.1. The van der Waals surface area contributed by atoms with Gasteiger partial charge in [-0.15, -0.1) is 0 Å². The Labute approximate surface area is 99.5 Å². The fourth-order valence-corrected chi connectivity index (χ4v) is 1.85. The van der Waals surface area contributed by atoms with Crippen LogP contribution in [0.2, 0.25) is 0 Å². The Hall–Kier alpha value is -1.68. The standard InChI is InChI=1S/C13H15FN2O/c1-8-9(2)16(7-15-8)13-11(10(3)17)5-4-6-12(13)14/h4-7,10,17H,1-3H3/t10-/m1/s1. The smallest absolute Gasteiger partial charge is 0.147 e. The van der Waals surface area contributed by atoms with Crippen molar-refractivity contribution in [2.24, 2.45) is 0 Å². The number of hydrogen-bond donors (Lipinski definition) is 1. The summed E-state index contributed by atoms with van der Waals surface area (Å²) >= 11 is 0. The van der Waals surface area contributed by atoms with Gasteiger partial charge in [0.15, 0.2) is 0 Å². The second-order valence-corrected chi connectivity index (χ2v) is 4.14. The minimum atomic E-state index is -0.720. The van der Waals surface area contributed by atoms with Crippen molar-refractivity contribution in [2.45, 2.75) is 26.9 Å². The molecule has 1 atom stereocenters. The zero-order chi connectivity index (χ0) is 12.6. The van der Waals surface area contributed by atoms with Gasteiger partial charge in [-0.1, -0.05) is 12.1 Å². The van der Waals surface area contributed by atoms with Crippen LogP contribution in [0.5, 0.6) is 0 Å². The van der Waals surface area contributed by atoms with E-state index in [-0.39, 0.29) is 5.82 Å². The summed E-state index contributed by atoms with van der Waals surface area (Å²) in [4.78, 5) is 4.15. The third-order valence-electron chi connectivity index (χ3n) is 2.96. The summed E-state index contributed by atoms with van der Waals surface area (Å²) in [5, 5.41) is 9.69. The van der Waals surface area contributed by atoms with Crippen molar-refractivity contribution in [1.82, 2.24) is 9.55 Å². The van der Waals surface area contributed by atoms with Crippen LogP contribution in [0.15, 0.2) is 24.5 Å². The fourth-order valence-electron chi connectivity index (χ4n) is 1.85. The lowest BCUT2D eigenvalue weighted by atomic mass is 10.1. The SMILES string of the molecule is Cc1ncn(-c2c(F)cccc2[C@@H](C)O)c1C. The van der Waals surface area contributed by atoms with E-state index in [4.69, 9.17) is 0 Å². The molecular weight excluding hydrogens is 219 g/mol. The Morgan fingerprint density at radius 2 is 2.06 bits per heavy atom. The molecule has 1 aromatic carbocycles. The van der Waals surface area contributed by atoms with Gasteiger partial charge in [-0.2, -0.15) is 0 Å². The number of aliphatic hydroxyl groups is 1. The third kappa shape index (κ3) is 1.96. The topological polar surface area (TPSA) is 38.0 Å². The first-order valence-electron chi connectivity index (χ1n) is 5.49. The van der Waals surface area contributed by atoms with Crippen LogP contribution in [0.25, 0.3) is 5.69 Å². The van der Waals surface area contributed by atoms with Crippen molar-refractivity contribution in [3.63, 3.8) is 0 Å². The number of imidazole rings is 1. The van der Waals surface area contributed by atoms with Crippen LogP contribution in [0.1, 0.15) is 30.0 Å². The Morgan fingerprint density at radius 3 is 2.59 bits per heavy atom. The second-order valence-electron chi connectivity index (χ2n) is 4.14. The molecule has 1 heterocycles. The van der Waals surface area contributed by atoms with E-state index in [0.29, 0.717) is 11.3 Å². The average Bonchev–Trinajstić information content (AvgIpc) is 2.60. The van der Waals surface area contributed by atoms with Gasteiger partial charge in [0.1, 0.15) is 5.82 Å². The fraction of sp³-hybridized carbons (Fsp3) is 0.308. The summed E-state index contributed by atoms with van der Waals surface area (Å²) in [6.45, 7) is 5.37. The molecule has 2 aromatic rings. The highest BCUT2D eigenvalue weighted by Crippen LogP contribution is 2.26. The van der Waals surface area contributed by atoms with Crippen molar-refractivity contribution in [3.8, 4) is 5.69 Å². The summed E-state index contributed by atoms with van der Waals surface area (Å²) in [6, 6.07) is 4.70. The Kier molecular flexibility index (Phi) is 2.98. The first kappa shape index (κ1) is 11.8. The molecule has 0 aliphatic carbocycles. The molecule has 4 heteroatoms. The molecule has 0 radical (unpaired) electrons. The van der Waals surface area contributed by atoms with Gasteiger partial charge in [0.2, 0.25) is 0 Å². The minimum absolute atomic E-state index is 0.357. The molecule has 0 saturated carbocycles. The molecule has 1 N–H and O–H groups in total. The highest BCUT2D eigenvalue weighted by Gasteiger charge is 2.16. The normalized spacial score (nSPS) is 12.8. The Morgan fingerprint density at radius 1 is 1.35 bits per heavy atom. The van der Waals surface area contributed by atoms with E-state index in [2.05, 4.69) is 4.98 Å². The molecule has 0 bridgehead atoms. The quantitative estimate of drug-likeness (QED) is 0.867. The molecule has 0 spiro atoms. The van der Waals surface area contributed by atoms with Crippen molar-refractivity contribution < 1.29 is 9.50 Å². The van der Waals surface area contributed by atoms with Crippen LogP contribution < -0.4 is 0 Å². The Bertz CT molecular complexity index is 546. The Balaban J connectivity index is 2.70. The van der Waals surface area contributed by atoms with Gasteiger partial charge in [0.05, 0.1) is 23.8 Å². The summed E-state index contributed by atoms with van der Waals surface area (Å²) in [5.41, 5.74) is 2.66. The van der Waals surface area contributed by atoms with E-state index < -0.39 is 6.10 Å². The lowest BCUT2D eigenvalue weighted by Gasteiger charge is -2.14. The van der Waals surface area contributed by atoms with E-state index in [1.807, 2.05) is 13.8 Å². The number of aliphatic hydroxyl groups excluding tert-OH is 1. The predicted molar refractivity (Wildman–Crippen MR) is 63.6 cm³/mol. The molecule has 0 amide bonds. The summed E-state index contributed by atoms with van der Waals surface area (Å²) in [5.74, 6) is -0.357. The molecule has 1 aromatic heterocycles. The van der Waals surface area contributed by atoms with E-state index in [1.165, 1.54) is 6.07 Å². The molecule has 0 aliphatic heterocycles. The second kappa shape index (κ2) is 4.30. The van der Waals surface area contributed by atoms with Crippen LogP contribution in [0.4, 0.5) is 4.39 Å². The maximum atomic E-state index is 13.9. The first-order chi connectivity index (χ1) is 8.02. The molecular formula is C13H15FN2O. The van der Waals surface area contributed by atoms with Gasteiger partial charge in [-0.05, 0) is 26.8 Å². The molecule has 2 rings (SSSR count). The van der Waals surface area contributed by atoms with Crippen LogP contribution in [-0.2, 0) is 0 Å². The van der Waals surface area contributed by atoms with Gasteiger partial charge < -0.3 is 9.67 Å². The number of aryl methyl sites for hydroxylation is 1. The summed E-state index contributed by atoms with van der Waals surface area (Å²) in [6.07, 6.45) is 0.859.